The van der Waals surface area contributed by atoms with Gasteiger partial charge in [0.1, 0.15) is 0 Å². The quantitative estimate of drug-likeness (QED) is 0.376. The molecule has 0 aliphatic rings. The summed E-state index contributed by atoms with van der Waals surface area (Å²) >= 11 is 6.10. The first-order valence-electron chi connectivity index (χ1n) is 8.43. The van der Waals surface area contributed by atoms with Gasteiger partial charge in [0, 0.05) is 16.9 Å². The molecule has 31 heavy (non-hydrogen) atoms. The van der Waals surface area contributed by atoms with E-state index in [4.69, 9.17) is 11.6 Å². The van der Waals surface area contributed by atoms with E-state index >= 15 is 0 Å². The van der Waals surface area contributed by atoms with Crippen LogP contribution in [0.3, 0.4) is 0 Å². The molecule has 0 unspecified atom stereocenters. The van der Waals surface area contributed by atoms with Crippen LogP contribution in [0.4, 0.5) is 23.2 Å². The number of benzene rings is 2. The van der Waals surface area contributed by atoms with Crippen LogP contribution in [0, 0.1) is 0 Å². The number of nitrogens with zero attached hydrogens (tertiary/aromatic N) is 2. The van der Waals surface area contributed by atoms with Crippen molar-refractivity contribution in [3.05, 3.63) is 76.6 Å². The third kappa shape index (κ3) is 5.56. The number of hydrogen-bond donors (Lipinski definition) is 1. The average molecular weight is 474 g/mol. The summed E-state index contributed by atoms with van der Waals surface area (Å²) in [6, 6.07) is 10.1. The first-order chi connectivity index (χ1) is 14.7. The lowest BCUT2D eigenvalue weighted by Gasteiger charge is -2.08. The van der Waals surface area contributed by atoms with Gasteiger partial charge in [0.05, 0.1) is 28.9 Å². The number of rotatable bonds is 6. The second kappa shape index (κ2) is 9.40. The Bertz CT molecular complexity index is 1090. The molecule has 1 amide bonds. The average Bonchev–Trinajstić information content (AvgIpc) is 3.19. The summed E-state index contributed by atoms with van der Waals surface area (Å²) in [4.78, 5) is 24.1. The van der Waals surface area contributed by atoms with E-state index in [0.29, 0.717) is 17.1 Å². The maximum absolute atomic E-state index is 13.4. The van der Waals surface area contributed by atoms with Crippen LogP contribution in [-0.2, 0) is 10.4 Å². The molecule has 3 aromatic rings. The molecule has 0 fully saturated rings. The highest BCUT2D eigenvalue weighted by molar-refractivity contribution is 7.94. The van der Waals surface area contributed by atoms with Gasteiger partial charge in [-0.1, -0.05) is 11.6 Å². The third-order valence-corrected chi connectivity index (χ3v) is 4.49. The highest BCUT2D eigenvalue weighted by Gasteiger charge is 2.39. The maximum atomic E-state index is 13.4. The first-order valence-corrected chi connectivity index (χ1v) is 9.72. The van der Waals surface area contributed by atoms with Crippen molar-refractivity contribution in [3.8, 4) is 5.69 Å². The zero-order valence-corrected chi connectivity index (χ0v) is 16.9. The molecule has 0 saturated heterocycles. The fourth-order valence-electron chi connectivity index (χ4n) is 2.49. The van der Waals surface area contributed by atoms with E-state index in [-0.39, 0.29) is 16.9 Å². The molecule has 0 saturated carbocycles. The van der Waals surface area contributed by atoms with Gasteiger partial charge in [-0.3, -0.25) is 4.79 Å². The molecule has 1 heterocycles. The fourth-order valence-corrected chi connectivity index (χ4v) is 2.86. The van der Waals surface area contributed by atoms with Crippen LogP contribution in [-0.4, -0.2) is 27.7 Å². The number of nitrogens with one attached hydrogen (secondary N) is 1. The molecule has 0 bridgehead atoms. The molecule has 0 atom stereocenters. The molecule has 6 nitrogen and oxygen atoms in total. The minimum absolute atomic E-state index is 0.0745. The van der Waals surface area contributed by atoms with Crippen molar-refractivity contribution >= 4 is 41.2 Å². The SMILES string of the molecule is O=C(OSCF)c1ccc(NC(=O)c2cn(-c3ccc(Cl)cc3)nc2C(F)(F)F)cc1. The summed E-state index contributed by atoms with van der Waals surface area (Å²) in [6.07, 6.45) is -3.91. The molecular weight excluding hydrogens is 462 g/mol. The monoisotopic (exact) mass is 473 g/mol. The van der Waals surface area contributed by atoms with Gasteiger partial charge < -0.3 is 9.50 Å². The molecule has 0 radical (unpaired) electrons. The van der Waals surface area contributed by atoms with E-state index in [1.54, 1.807) is 0 Å². The second-order valence-electron chi connectivity index (χ2n) is 5.94. The Morgan fingerprint density at radius 2 is 1.74 bits per heavy atom. The third-order valence-electron chi connectivity index (χ3n) is 3.88. The molecule has 2 aromatic carbocycles. The Balaban J connectivity index is 1.83. The van der Waals surface area contributed by atoms with Crippen LogP contribution >= 0.6 is 23.6 Å². The summed E-state index contributed by atoms with van der Waals surface area (Å²) in [5.74, 6) is -1.85. The molecule has 0 spiro atoms. The highest BCUT2D eigenvalue weighted by Crippen LogP contribution is 2.32. The van der Waals surface area contributed by atoms with E-state index in [9.17, 15) is 27.2 Å². The number of hydrogen-bond acceptors (Lipinski definition) is 5. The standard InChI is InChI=1S/C19H12ClF4N3O3S/c20-12-3-7-14(8-4-12)27-9-15(16(26-27)19(22,23)24)17(28)25-13-5-1-11(2-6-13)18(29)30-31-10-21/h1-9H,10H2,(H,25,28). The minimum Gasteiger partial charge on any atom is -0.385 e. The molecular formula is C19H12ClF4N3O3S. The van der Waals surface area contributed by atoms with Gasteiger partial charge in [0.2, 0.25) is 0 Å². The topological polar surface area (TPSA) is 73.2 Å². The smallest absolute Gasteiger partial charge is 0.385 e. The largest absolute Gasteiger partial charge is 0.435 e. The van der Waals surface area contributed by atoms with E-state index in [1.807, 2.05) is 0 Å². The van der Waals surface area contributed by atoms with Gasteiger partial charge in [0.15, 0.2) is 11.7 Å². The Morgan fingerprint density at radius 3 is 2.32 bits per heavy atom. The molecule has 3 rings (SSSR count). The summed E-state index contributed by atoms with van der Waals surface area (Å²) in [7, 11) is 0. The lowest BCUT2D eigenvalue weighted by Crippen LogP contribution is -2.17. The zero-order valence-electron chi connectivity index (χ0n) is 15.3. The lowest BCUT2D eigenvalue weighted by molar-refractivity contribution is -0.141. The molecule has 0 aliphatic carbocycles. The number of alkyl halides is 4. The molecule has 1 N–H and O–H groups in total. The van der Waals surface area contributed by atoms with Crippen LogP contribution in [0.1, 0.15) is 26.4 Å². The first kappa shape index (κ1) is 22.6. The summed E-state index contributed by atoms with van der Waals surface area (Å²) in [6.45, 7) is 0. The van der Waals surface area contributed by atoms with Crippen molar-refractivity contribution in [3.63, 3.8) is 0 Å². The molecule has 12 heteroatoms. The van der Waals surface area contributed by atoms with E-state index in [2.05, 4.69) is 14.6 Å². The fraction of sp³-hybridized carbons (Fsp3) is 0.105. The van der Waals surface area contributed by atoms with Gasteiger partial charge >= 0.3 is 12.1 Å². The lowest BCUT2D eigenvalue weighted by atomic mass is 10.2. The van der Waals surface area contributed by atoms with Gasteiger partial charge in [-0.25, -0.2) is 13.9 Å². The Hall–Kier alpha value is -3.05. The van der Waals surface area contributed by atoms with E-state index in [1.165, 1.54) is 48.5 Å². The summed E-state index contributed by atoms with van der Waals surface area (Å²) in [5.41, 5.74) is -1.56. The number of amides is 1. The Morgan fingerprint density at radius 1 is 1.10 bits per heavy atom. The van der Waals surface area contributed by atoms with Crippen molar-refractivity contribution in [2.24, 2.45) is 0 Å². The van der Waals surface area contributed by atoms with Crippen LogP contribution in [0.2, 0.25) is 5.02 Å². The zero-order chi connectivity index (χ0) is 22.6. The maximum Gasteiger partial charge on any atom is 0.435 e. The summed E-state index contributed by atoms with van der Waals surface area (Å²) < 4.78 is 57.8. The van der Waals surface area contributed by atoms with Gasteiger partial charge in [-0.2, -0.15) is 18.3 Å². The van der Waals surface area contributed by atoms with Gasteiger partial charge in [0.25, 0.3) is 5.91 Å². The number of carbonyl (C=O) groups is 2. The Kier molecular flexibility index (Phi) is 6.86. The number of halogens is 5. The molecule has 162 valence electrons. The van der Waals surface area contributed by atoms with Crippen molar-refractivity contribution in [2.75, 3.05) is 11.3 Å². The second-order valence-corrected chi connectivity index (χ2v) is 7.00. The van der Waals surface area contributed by atoms with E-state index < -0.39 is 35.3 Å². The normalized spacial score (nSPS) is 11.3. The predicted octanol–water partition coefficient (Wildman–Crippen LogP) is 5.53. The number of carbonyl (C=O) groups excluding carboxylic acids is 2. The van der Waals surface area contributed by atoms with Crippen LogP contribution in [0.25, 0.3) is 5.69 Å². The highest BCUT2D eigenvalue weighted by atomic mass is 35.5. The Labute approximate surface area is 182 Å². The van der Waals surface area contributed by atoms with Crippen LogP contribution < -0.4 is 5.32 Å². The minimum atomic E-state index is -4.87. The predicted molar refractivity (Wildman–Crippen MR) is 107 cm³/mol. The molecule has 1 aromatic heterocycles. The van der Waals surface area contributed by atoms with Gasteiger partial charge in [-0.05, 0) is 48.5 Å². The van der Waals surface area contributed by atoms with Crippen molar-refractivity contribution in [1.82, 2.24) is 9.78 Å². The number of anilines is 1. The van der Waals surface area contributed by atoms with Crippen molar-refractivity contribution < 1.29 is 31.3 Å². The van der Waals surface area contributed by atoms with E-state index in [0.717, 1.165) is 10.9 Å². The van der Waals surface area contributed by atoms with Crippen LogP contribution in [0.5, 0.6) is 0 Å². The van der Waals surface area contributed by atoms with Crippen molar-refractivity contribution in [2.45, 2.75) is 6.18 Å². The number of aromatic nitrogens is 2. The van der Waals surface area contributed by atoms with Crippen molar-refractivity contribution in [1.29, 1.82) is 0 Å². The molecule has 0 aliphatic heterocycles. The van der Waals surface area contributed by atoms with Gasteiger partial charge in [-0.15, -0.1) is 0 Å². The van der Waals surface area contributed by atoms with Crippen LogP contribution in [0.15, 0.2) is 54.7 Å². The summed E-state index contributed by atoms with van der Waals surface area (Å²) in [5, 5.41) is 6.22.